The molecule has 0 saturated heterocycles. The minimum atomic E-state index is -4.60. The lowest BCUT2D eigenvalue weighted by molar-refractivity contribution is -0.137. The molecule has 26 heavy (non-hydrogen) atoms. The lowest BCUT2D eigenvalue weighted by atomic mass is 10.2. The van der Waals surface area contributed by atoms with Crippen molar-refractivity contribution < 1.29 is 17.9 Å². The van der Waals surface area contributed by atoms with Gasteiger partial charge in [0.2, 0.25) is 0 Å². The van der Waals surface area contributed by atoms with Crippen molar-refractivity contribution in [3.63, 3.8) is 0 Å². The molecule has 0 fully saturated rings. The average molecular weight is 405 g/mol. The molecular formula is C16H13Cl2F3N4O. The molecule has 0 saturated carbocycles. The second kappa shape index (κ2) is 7.56. The SMILES string of the molecule is CCO/C(C)=N/c1c(C#N)c(C)nn1-c1c(Cl)cc(C(F)(F)F)cc1Cl. The molecule has 10 heteroatoms. The fraction of sp³-hybridized carbons (Fsp3) is 0.312. The fourth-order valence-corrected chi connectivity index (χ4v) is 2.87. The Labute approximate surface area is 157 Å². The van der Waals surface area contributed by atoms with Gasteiger partial charge in [0.25, 0.3) is 0 Å². The summed E-state index contributed by atoms with van der Waals surface area (Å²) in [5.41, 5.74) is -0.538. The Morgan fingerprint density at radius 2 is 1.92 bits per heavy atom. The van der Waals surface area contributed by atoms with E-state index in [1.165, 1.54) is 0 Å². The Kier molecular flexibility index (Phi) is 5.84. The first-order valence-electron chi connectivity index (χ1n) is 7.34. The Morgan fingerprint density at radius 3 is 2.38 bits per heavy atom. The van der Waals surface area contributed by atoms with Gasteiger partial charge >= 0.3 is 6.18 Å². The zero-order chi connectivity index (χ0) is 19.6. The second-order valence-electron chi connectivity index (χ2n) is 5.16. The molecule has 2 aromatic rings. The van der Waals surface area contributed by atoms with Gasteiger partial charge < -0.3 is 4.74 Å². The predicted molar refractivity (Wildman–Crippen MR) is 92.4 cm³/mol. The molecule has 0 aliphatic heterocycles. The van der Waals surface area contributed by atoms with E-state index >= 15 is 0 Å². The van der Waals surface area contributed by atoms with Crippen LogP contribution >= 0.6 is 23.2 Å². The summed E-state index contributed by atoms with van der Waals surface area (Å²) >= 11 is 12.1. The maximum atomic E-state index is 12.9. The standard InChI is InChI=1S/C16H13Cl2F3N4O/c1-4-26-9(3)23-15-11(7-22)8(2)24-25(15)14-12(17)5-10(6-13(14)18)16(19,20)21/h5-6H,4H2,1-3H3/b23-9+. The number of alkyl halides is 3. The van der Waals surface area contributed by atoms with Gasteiger partial charge in [-0.25, -0.2) is 4.68 Å². The van der Waals surface area contributed by atoms with Crippen LogP contribution in [0.15, 0.2) is 17.1 Å². The summed E-state index contributed by atoms with van der Waals surface area (Å²) in [5.74, 6) is 0.323. The highest BCUT2D eigenvalue weighted by atomic mass is 35.5. The van der Waals surface area contributed by atoms with Crippen LogP contribution < -0.4 is 0 Å². The molecule has 0 N–H and O–H groups in total. The molecule has 1 aromatic carbocycles. The first kappa shape index (κ1) is 20.1. The van der Waals surface area contributed by atoms with Crippen LogP contribution in [0.3, 0.4) is 0 Å². The average Bonchev–Trinajstić information content (AvgIpc) is 2.81. The van der Waals surface area contributed by atoms with E-state index in [9.17, 15) is 18.4 Å². The number of benzene rings is 1. The van der Waals surface area contributed by atoms with Crippen LogP contribution in [0.1, 0.15) is 30.7 Å². The molecule has 138 valence electrons. The number of hydrogen-bond donors (Lipinski definition) is 0. The fourth-order valence-electron chi connectivity index (χ4n) is 2.23. The molecule has 1 aromatic heterocycles. The molecule has 5 nitrogen and oxygen atoms in total. The Hall–Kier alpha value is -2.24. The molecule has 0 unspecified atom stereocenters. The van der Waals surface area contributed by atoms with Crippen LogP contribution in [0.4, 0.5) is 19.0 Å². The molecule has 0 aliphatic rings. The van der Waals surface area contributed by atoms with E-state index in [4.69, 9.17) is 27.9 Å². The first-order chi connectivity index (χ1) is 12.1. The highest BCUT2D eigenvalue weighted by Crippen LogP contribution is 2.39. The lowest BCUT2D eigenvalue weighted by Crippen LogP contribution is -2.07. The highest BCUT2D eigenvalue weighted by Gasteiger charge is 2.33. The van der Waals surface area contributed by atoms with Crippen LogP contribution in [0.2, 0.25) is 10.0 Å². The second-order valence-corrected chi connectivity index (χ2v) is 5.97. The van der Waals surface area contributed by atoms with E-state index in [1.807, 2.05) is 6.07 Å². The Bertz CT molecular complexity index is 890. The number of rotatable bonds is 3. The number of hydrogen-bond acceptors (Lipinski definition) is 4. The van der Waals surface area contributed by atoms with Gasteiger partial charge in [-0.3, -0.25) is 0 Å². The van der Waals surface area contributed by atoms with Gasteiger partial charge in [-0.2, -0.15) is 28.5 Å². The van der Waals surface area contributed by atoms with E-state index in [2.05, 4.69) is 10.1 Å². The van der Waals surface area contributed by atoms with Crippen molar-refractivity contribution >= 4 is 34.9 Å². The zero-order valence-electron chi connectivity index (χ0n) is 13.9. The van der Waals surface area contributed by atoms with Gasteiger partial charge in [-0.05, 0) is 26.0 Å². The van der Waals surface area contributed by atoms with Gasteiger partial charge in [0.05, 0.1) is 27.9 Å². The van der Waals surface area contributed by atoms with Gasteiger partial charge in [0, 0.05) is 6.92 Å². The monoisotopic (exact) mass is 404 g/mol. The van der Waals surface area contributed by atoms with Crippen LogP contribution in [0.5, 0.6) is 0 Å². The third kappa shape index (κ3) is 3.94. The zero-order valence-corrected chi connectivity index (χ0v) is 15.5. The molecule has 0 atom stereocenters. The maximum absolute atomic E-state index is 12.9. The van der Waals surface area contributed by atoms with Crippen LogP contribution in [-0.4, -0.2) is 22.3 Å². The molecule has 0 radical (unpaired) electrons. The summed E-state index contributed by atoms with van der Waals surface area (Å²) in [6.45, 7) is 5.26. The normalized spacial score (nSPS) is 12.2. The van der Waals surface area contributed by atoms with E-state index < -0.39 is 11.7 Å². The number of halogens is 5. The van der Waals surface area contributed by atoms with E-state index in [0.717, 1.165) is 16.8 Å². The smallest absolute Gasteiger partial charge is 0.416 e. The van der Waals surface area contributed by atoms with Gasteiger partial charge in [0.1, 0.15) is 17.3 Å². The van der Waals surface area contributed by atoms with Crippen molar-refractivity contribution in [2.75, 3.05) is 6.61 Å². The number of aliphatic imine (C=N–C) groups is 1. The van der Waals surface area contributed by atoms with Crippen molar-refractivity contribution in [1.82, 2.24) is 9.78 Å². The minimum Gasteiger partial charge on any atom is -0.481 e. The molecule has 0 bridgehead atoms. The Morgan fingerprint density at radius 1 is 1.35 bits per heavy atom. The van der Waals surface area contributed by atoms with E-state index in [-0.39, 0.29) is 33.0 Å². The summed E-state index contributed by atoms with van der Waals surface area (Å²) in [6, 6.07) is 3.45. The van der Waals surface area contributed by atoms with Crippen LogP contribution in [0.25, 0.3) is 5.69 Å². The van der Waals surface area contributed by atoms with Crippen molar-refractivity contribution in [3.8, 4) is 11.8 Å². The summed E-state index contributed by atoms with van der Waals surface area (Å²) in [6.07, 6.45) is -4.60. The van der Waals surface area contributed by atoms with Gasteiger partial charge in [-0.15, -0.1) is 0 Å². The summed E-state index contributed by atoms with van der Waals surface area (Å²) < 4.78 is 45.2. The summed E-state index contributed by atoms with van der Waals surface area (Å²) in [4.78, 5) is 4.20. The molecule has 1 heterocycles. The van der Waals surface area contributed by atoms with E-state index in [0.29, 0.717) is 12.3 Å². The molecular weight excluding hydrogens is 392 g/mol. The molecule has 0 amide bonds. The number of nitriles is 1. The van der Waals surface area contributed by atoms with Crippen LogP contribution in [-0.2, 0) is 10.9 Å². The molecule has 0 aliphatic carbocycles. The summed E-state index contributed by atoms with van der Waals surface area (Å²) in [5, 5.41) is 13.0. The van der Waals surface area contributed by atoms with Crippen molar-refractivity contribution in [3.05, 3.63) is 39.0 Å². The minimum absolute atomic E-state index is 0.00557. The van der Waals surface area contributed by atoms with Crippen molar-refractivity contribution in [2.45, 2.75) is 26.9 Å². The number of ether oxygens (including phenoxy) is 1. The maximum Gasteiger partial charge on any atom is 0.416 e. The first-order valence-corrected chi connectivity index (χ1v) is 8.10. The largest absolute Gasteiger partial charge is 0.481 e. The van der Waals surface area contributed by atoms with Gasteiger partial charge in [0.15, 0.2) is 11.7 Å². The quantitative estimate of drug-likeness (QED) is 0.503. The van der Waals surface area contributed by atoms with E-state index in [1.54, 1.807) is 20.8 Å². The number of aromatic nitrogens is 2. The number of nitrogens with zero attached hydrogens (tertiary/aromatic N) is 4. The number of aryl methyl sites for hydroxylation is 1. The predicted octanol–water partition coefficient (Wildman–Crippen LogP) is 5.46. The molecule has 2 rings (SSSR count). The third-order valence-corrected chi connectivity index (χ3v) is 3.90. The Balaban J connectivity index is 2.74. The van der Waals surface area contributed by atoms with Crippen molar-refractivity contribution in [2.24, 2.45) is 4.99 Å². The topological polar surface area (TPSA) is 63.2 Å². The van der Waals surface area contributed by atoms with Gasteiger partial charge in [-0.1, -0.05) is 23.2 Å². The lowest BCUT2D eigenvalue weighted by Gasteiger charge is -2.13. The molecule has 0 spiro atoms. The highest BCUT2D eigenvalue weighted by molar-refractivity contribution is 6.38. The van der Waals surface area contributed by atoms with Crippen molar-refractivity contribution in [1.29, 1.82) is 5.26 Å². The third-order valence-electron chi connectivity index (χ3n) is 3.32. The summed E-state index contributed by atoms with van der Waals surface area (Å²) in [7, 11) is 0. The van der Waals surface area contributed by atoms with Crippen LogP contribution in [0, 0.1) is 18.3 Å².